The van der Waals surface area contributed by atoms with Crippen LogP contribution < -0.4 is 20.3 Å². The summed E-state index contributed by atoms with van der Waals surface area (Å²) in [5.41, 5.74) is 6.52. The lowest BCUT2D eigenvalue weighted by atomic mass is 9.95. The van der Waals surface area contributed by atoms with Gasteiger partial charge in [-0.3, -0.25) is 9.78 Å². The van der Waals surface area contributed by atoms with E-state index in [0.717, 1.165) is 39.6 Å². The van der Waals surface area contributed by atoms with Crippen LogP contribution in [0, 0.1) is 26.2 Å². The van der Waals surface area contributed by atoms with E-state index in [0.29, 0.717) is 16.5 Å². The molecule has 5 rings (SSSR count). The summed E-state index contributed by atoms with van der Waals surface area (Å²) in [4.78, 5) is 31.3. The molecule has 2 unspecified atom stereocenters. The lowest BCUT2D eigenvalue weighted by Gasteiger charge is -2.29. The minimum absolute atomic E-state index is 0.121. The molecule has 2 aromatic carbocycles. The maximum Gasteiger partial charge on any atom is 0.335 e. The third-order valence-corrected chi connectivity index (χ3v) is 8.29. The summed E-state index contributed by atoms with van der Waals surface area (Å²) in [5.74, 6) is -0.587. The molecule has 1 aliphatic rings. The number of aromatic carboxylic acids is 1. The number of benzene rings is 2. The number of thiocarbonyl (C=S) groups is 1. The molecule has 9 nitrogen and oxygen atoms in total. The van der Waals surface area contributed by atoms with Gasteiger partial charge in [0.2, 0.25) is 5.91 Å². The molecule has 0 saturated carbocycles. The molecule has 44 heavy (non-hydrogen) atoms. The number of nitrogens with one attached hydrogen (secondary N) is 2. The Labute approximate surface area is 262 Å². The summed E-state index contributed by atoms with van der Waals surface area (Å²) < 4.78 is 7.82. The Balaban J connectivity index is 1.65. The molecule has 2 aromatic heterocycles. The maximum atomic E-state index is 12.8. The van der Waals surface area contributed by atoms with Crippen molar-refractivity contribution in [2.75, 3.05) is 17.3 Å². The van der Waals surface area contributed by atoms with E-state index in [9.17, 15) is 14.7 Å². The van der Waals surface area contributed by atoms with E-state index in [4.69, 9.17) is 17.0 Å². The molecule has 3 N–H and O–H groups in total. The quantitative estimate of drug-likeness (QED) is 0.199. The number of hydrogen-bond acceptors (Lipinski definition) is 5. The van der Waals surface area contributed by atoms with Gasteiger partial charge in [0.15, 0.2) is 5.11 Å². The lowest BCUT2D eigenvalue weighted by molar-refractivity contribution is -0.123. The smallest absolute Gasteiger partial charge is 0.335 e. The van der Waals surface area contributed by atoms with Gasteiger partial charge in [-0.25, -0.2) is 4.79 Å². The highest BCUT2D eigenvalue weighted by molar-refractivity contribution is 7.80. The van der Waals surface area contributed by atoms with Crippen molar-refractivity contribution in [3.63, 3.8) is 0 Å². The van der Waals surface area contributed by atoms with Crippen LogP contribution in [0.15, 0.2) is 66.9 Å². The Morgan fingerprint density at radius 3 is 2.43 bits per heavy atom. The van der Waals surface area contributed by atoms with Crippen molar-refractivity contribution in [1.82, 2.24) is 14.9 Å². The number of methoxy groups -OCH3 is 1. The Morgan fingerprint density at radius 2 is 1.80 bits per heavy atom. The number of carboxylic acids is 1. The van der Waals surface area contributed by atoms with Crippen LogP contribution >= 0.6 is 12.2 Å². The zero-order valence-corrected chi connectivity index (χ0v) is 26.7. The summed E-state index contributed by atoms with van der Waals surface area (Å²) in [6.07, 6.45) is 1.76. The van der Waals surface area contributed by atoms with E-state index < -0.39 is 11.4 Å². The fourth-order valence-electron chi connectivity index (χ4n) is 5.63. The Bertz CT molecular complexity index is 1760. The maximum absolute atomic E-state index is 12.8. The van der Waals surface area contributed by atoms with Crippen LogP contribution in [0.3, 0.4) is 0 Å². The number of hydrogen-bond donors (Lipinski definition) is 3. The monoisotopic (exact) mass is 611 g/mol. The number of amides is 1. The van der Waals surface area contributed by atoms with Crippen LogP contribution in [0.4, 0.5) is 11.4 Å². The molecule has 0 bridgehead atoms. The molecule has 228 valence electrons. The SMILES string of the molecule is COc1cc(N2C(=S)NC(c3ccccn3)C2c2cc(C)n(-c3cc(C(=O)O)ccc3C)c2C)ccc1NC(=O)C(C)(C)C. The molecule has 2 atom stereocenters. The summed E-state index contributed by atoms with van der Waals surface area (Å²) in [6.45, 7) is 11.6. The van der Waals surface area contributed by atoms with Gasteiger partial charge in [0.25, 0.3) is 0 Å². The number of nitrogens with zero attached hydrogens (tertiary/aromatic N) is 3. The van der Waals surface area contributed by atoms with Crippen molar-refractivity contribution in [2.24, 2.45) is 5.41 Å². The number of carbonyl (C=O) groups is 2. The molecule has 0 spiro atoms. The zero-order valence-electron chi connectivity index (χ0n) is 25.9. The van der Waals surface area contributed by atoms with Crippen molar-refractivity contribution in [2.45, 2.75) is 53.6 Å². The Morgan fingerprint density at radius 1 is 1.05 bits per heavy atom. The minimum Gasteiger partial charge on any atom is -0.494 e. The first kappa shape index (κ1) is 30.7. The fourth-order valence-corrected chi connectivity index (χ4v) is 5.98. The number of carboxylic acid groups (broad SMARTS) is 1. The van der Waals surface area contributed by atoms with Gasteiger partial charge in [-0.1, -0.05) is 32.9 Å². The number of carbonyl (C=O) groups excluding carboxylic acids is 1. The molecule has 1 fully saturated rings. The fraction of sp³-hybridized carbons (Fsp3) is 0.294. The molecule has 0 radical (unpaired) electrons. The van der Waals surface area contributed by atoms with Crippen molar-refractivity contribution < 1.29 is 19.4 Å². The highest BCUT2D eigenvalue weighted by atomic mass is 32.1. The van der Waals surface area contributed by atoms with Gasteiger partial charge >= 0.3 is 5.97 Å². The summed E-state index contributed by atoms with van der Waals surface area (Å²) in [7, 11) is 1.57. The standard InChI is InChI=1S/C34H37N5O4S/c1-19-11-12-22(31(40)41)17-27(19)38-20(2)16-24(21(38)3)30-29(26-10-8-9-15-35-26)37-33(44)39(30)23-13-14-25(28(18-23)43-7)36-32(42)34(4,5)6/h8-18,29-30H,1-7H3,(H,36,42)(H,37,44)(H,40,41). The predicted molar refractivity (Wildman–Crippen MR) is 176 cm³/mol. The van der Waals surface area contributed by atoms with E-state index >= 15 is 0 Å². The van der Waals surface area contributed by atoms with Gasteiger partial charge in [-0.15, -0.1) is 0 Å². The molecule has 3 heterocycles. The van der Waals surface area contributed by atoms with Crippen molar-refractivity contribution in [3.8, 4) is 11.4 Å². The predicted octanol–water partition coefficient (Wildman–Crippen LogP) is 6.67. The second-order valence-corrected chi connectivity index (χ2v) is 12.4. The first-order chi connectivity index (χ1) is 20.8. The van der Waals surface area contributed by atoms with Gasteiger partial charge in [0.05, 0.1) is 36.1 Å². The molecule has 1 amide bonds. The highest BCUT2D eigenvalue weighted by Crippen LogP contribution is 2.45. The molecule has 10 heteroatoms. The topological polar surface area (TPSA) is 109 Å². The van der Waals surface area contributed by atoms with Crippen LogP contribution in [0.2, 0.25) is 0 Å². The third-order valence-electron chi connectivity index (χ3n) is 7.98. The van der Waals surface area contributed by atoms with Crippen LogP contribution in [0.1, 0.15) is 71.4 Å². The third kappa shape index (κ3) is 5.65. The molecule has 0 aliphatic carbocycles. The van der Waals surface area contributed by atoms with E-state index in [1.165, 1.54) is 0 Å². The number of aromatic nitrogens is 2. The second-order valence-electron chi connectivity index (χ2n) is 12.1. The van der Waals surface area contributed by atoms with Gasteiger partial charge in [-0.2, -0.15) is 0 Å². The van der Waals surface area contributed by atoms with Crippen LogP contribution in [0.25, 0.3) is 5.69 Å². The number of rotatable bonds is 7. The lowest BCUT2D eigenvalue weighted by Crippen LogP contribution is -2.30. The number of anilines is 2. The van der Waals surface area contributed by atoms with Crippen molar-refractivity contribution in [1.29, 1.82) is 0 Å². The first-order valence-electron chi connectivity index (χ1n) is 14.3. The van der Waals surface area contributed by atoms with E-state index in [1.807, 2.05) is 84.0 Å². The van der Waals surface area contributed by atoms with E-state index in [-0.39, 0.29) is 23.6 Å². The van der Waals surface area contributed by atoms with Crippen LogP contribution in [0.5, 0.6) is 5.75 Å². The Kier molecular flexibility index (Phi) is 8.22. The van der Waals surface area contributed by atoms with Crippen LogP contribution in [-0.4, -0.2) is 38.8 Å². The molecule has 1 aliphatic heterocycles. The minimum atomic E-state index is -0.975. The first-order valence-corrected chi connectivity index (χ1v) is 14.8. The highest BCUT2D eigenvalue weighted by Gasteiger charge is 2.42. The average Bonchev–Trinajstić information content (AvgIpc) is 3.48. The average molecular weight is 612 g/mol. The Hall–Kier alpha value is -4.70. The number of ether oxygens (including phenoxy) is 1. The van der Waals surface area contributed by atoms with E-state index in [1.54, 1.807) is 25.4 Å². The van der Waals surface area contributed by atoms with Gasteiger partial charge in [-0.05, 0) is 86.6 Å². The van der Waals surface area contributed by atoms with Gasteiger partial charge < -0.3 is 29.9 Å². The molecule has 4 aromatic rings. The van der Waals surface area contributed by atoms with Crippen molar-refractivity contribution >= 4 is 40.6 Å². The summed E-state index contributed by atoms with van der Waals surface area (Å²) >= 11 is 5.96. The van der Waals surface area contributed by atoms with Gasteiger partial charge in [0, 0.05) is 40.4 Å². The molecule has 1 saturated heterocycles. The number of aryl methyl sites for hydroxylation is 2. The van der Waals surface area contributed by atoms with Crippen molar-refractivity contribution in [3.05, 3.63) is 101 Å². The van der Waals surface area contributed by atoms with Crippen LogP contribution in [-0.2, 0) is 4.79 Å². The summed E-state index contributed by atoms with van der Waals surface area (Å²) in [5, 5.41) is 16.7. The van der Waals surface area contributed by atoms with Gasteiger partial charge in [0.1, 0.15) is 5.75 Å². The zero-order chi connectivity index (χ0) is 31.9. The molecular weight excluding hydrogens is 574 g/mol. The second kappa shape index (κ2) is 11.8. The molecular formula is C34H37N5O4S. The largest absolute Gasteiger partial charge is 0.494 e. The number of pyridine rings is 1. The summed E-state index contributed by atoms with van der Waals surface area (Å²) in [6, 6.07) is 18.1. The normalized spacial score (nSPS) is 16.5. The van der Waals surface area contributed by atoms with E-state index in [2.05, 4.69) is 31.2 Å².